The quantitative estimate of drug-likeness (QED) is 0.720. The Morgan fingerprint density at radius 2 is 2.43 bits per heavy atom. The maximum absolute atomic E-state index is 5.31. The van der Waals surface area contributed by atoms with Crippen LogP contribution in [0.3, 0.4) is 0 Å². The van der Waals surface area contributed by atoms with Crippen LogP contribution in [0.4, 0.5) is 0 Å². The summed E-state index contributed by atoms with van der Waals surface area (Å²) < 4.78 is 5.31. The molecule has 3 nitrogen and oxygen atoms in total. The molecule has 80 valence electrons. The molecular weight excluding hydrogens is 196 g/mol. The highest BCUT2D eigenvalue weighted by Crippen LogP contribution is 2.22. The second kappa shape index (κ2) is 4.11. The van der Waals surface area contributed by atoms with Gasteiger partial charge in [0, 0.05) is 17.9 Å². The van der Waals surface area contributed by atoms with E-state index in [0.717, 1.165) is 24.8 Å². The predicted octanol–water partition coefficient (Wildman–Crippen LogP) is 1.64. The second-order valence-electron chi connectivity index (χ2n) is 4.56. The molecule has 0 spiro atoms. The average molecular weight is 214 g/mol. The van der Waals surface area contributed by atoms with Crippen molar-refractivity contribution in [2.75, 3.05) is 19.0 Å². The zero-order valence-corrected chi connectivity index (χ0v) is 9.69. The van der Waals surface area contributed by atoms with Gasteiger partial charge < -0.3 is 10.1 Å². The summed E-state index contributed by atoms with van der Waals surface area (Å²) in [5.74, 6) is 1.17. The number of amidine groups is 1. The van der Waals surface area contributed by atoms with Crippen molar-refractivity contribution < 1.29 is 4.74 Å². The fraction of sp³-hybridized carbons (Fsp3) is 0.900. The van der Waals surface area contributed by atoms with Crippen LogP contribution < -0.4 is 5.32 Å². The van der Waals surface area contributed by atoms with E-state index < -0.39 is 0 Å². The Morgan fingerprint density at radius 3 is 3.07 bits per heavy atom. The number of nitrogens with zero attached hydrogens (tertiary/aromatic N) is 1. The van der Waals surface area contributed by atoms with Crippen molar-refractivity contribution in [3.05, 3.63) is 0 Å². The third kappa shape index (κ3) is 2.64. The van der Waals surface area contributed by atoms with Gasteiger partial charge >= 0.3 is 0 Å². The molecular formula is C10H18N2OS. The molecule has 2 aliphatic rings. The Bertz CT molecular complexity index is 234. The van der Waals surface area contributed by atoms with Gasteiger partial charge in [-0.1, -0.05) is 11.8 Å². The van der Waals surface area contributed by atoms with Gasteiger partial charge in [-0.05, 0) is 26.7 Å². The van der Waals surface area contributed by atoms with E-state index in [1.807, 2.05) is 11.8 Å². The number of hydrogen-bond acceptors (Lipinski definition) is 3. The molecule has 1 unspecified atom stereocenters. The van der Waals surface area contributed by atoms with E-state index in [2.05, 4.69) is 24.2 Å². The number of nitrogens with one attached hydrogen (secondary N) is 1. The monoisotopic (exact) mass is 214 g/mol. The van der Waals surface area contributed by atoms with E-state index in [1.165, 1.54) is 12.2 Å². The standard InChI is InChI=1S/C10H18N2OS/c1-10(2)4-6-14-9(12-10)11-8-3-5-13-7-8/h8H,3-7H2,1-2H3,(H,11,12). The van der Waals surface area contributed by atoms with Crippen LogP contribution in [0, 0.1) is 0 Å². The molecule has 2 fully saturated rings. The maximum atomic E-state index is 5.31. The Labute approximate surface area is 89.7 Å². The summed E-state index contributed by atoms with van der Waals surface area (Å²) in [6.45, 7) is 6.13. The van der Waals surface area contributed by atoms with Gasteiger partial charge in [-0.25, -0.2) is 0 Å². The van der Waals surface area contributed by atoms with Crippen molar-refractivity contribution in [1.82, 2.24) is 5.32 Å². The first-order valence-corrected chi connectivity index (χ1v) is 6.21. The van der Waals surface area contributed by atoms with Crippen LogP contribution in [-0.2, 0) is 4.74 Å². The first kappa shape index (κ1) is 10.3. The van der Waals surface area contributed by atoms with Gasteiger partial charge in [0.25, 0.3) is 0 Å². The molecule has 4 heteroatoms. The lowest BCUT2D eigenvalue weighted by Crippen LogP contribution is -2.46. The highest BCUT2D eigenvalue weighted by atomic mass is 32.2. The predicted molar refractivity (Wildman–Crippen MR) is 60.9 cm³/mol. The minimum atomic E-state index is 0.212. The van der Waals surface area contributed by atoms with Crippen LogP contribution in [0.2, 0.25) is 0 Å². The van der Waals surface area contributed by atoms with Crippen LogP contribution in [0.15, 0.2) is 4.99 Å². The lowest BCUT2D eigenvalue weighted by molar-refractivity contribution is 0.194. The Morgan fingerprint density at radius 1 is 1.57 bits per heavy atom. The normalized spacial score (nSPS) is 34.4. The SMILES string of the molecule is CC1(C)CCSC(=NC2CCOC2)N1. The van der Waals surface area contributed by atoms with Crippen molar-refractivity contribution in [2.24, 2.45) is 4.99 Å². The lowest BCUT2D eigenvalue weighted by atomic mass is 10.0. The highest BCUT2D eigenvalue weighted by Gasteiger charge is 2.25. The fourth-order valence-electron chi connectivity index (χ4n) is 1.65. The van der Waals surface area contributed by atoms with E-state index in [0.29, 0.717) is 6.04 Å². The summed E-state index contributed by atoms with van der Waals surface area (Å²) in [6, 6.07) is 0.388. The van der Waals surface area contributed by atoms with Gasteiger partial charge in [-0.15, -0.1) is 0 Å². The van der Waals surface area contributed by atoms with Gasteiger partial charge in [0.05, 0.1) is 12.6 Å². The first-order chi connectivity index (χ1) is 6.66. The topological polar surface area (TPSA) is 33.6 Å². The molecule has 0 aromatic heterocycles. The number of thioether (sulfide) groups is 1. The molecule has 0 amide bonds. The number of aliphatic imine (C=N–C) groups is 1. The highest BCUT2D eigenvalue weighted by molar-refractivity contribution is 8.13. The van der Waals surface area contributed by atoms with E-state index >= 15 is 0 Å². The summed E-state index contributed by atoms with van der Waals surface area (Å²) in [6.07, 6.45) is 2.28. The van der Waals surface area contributed by atoms with Gasteiger partial charge in [0.1, 0.15) is 0 Å². The molecule has 2 saturated heterocycles. The maximum Gasteiger partial charge on any atom is 0.157 e. The van der Waals surface area contributed by atoms with Crippen molar-refractivity contribution in [3.8, 4) is 0 Å². The first-order valence-electron chi connectivity index (χ1n) is 5.22. The van der Waals surface area contributed by atoms with E-state index in [9.17, 15) is 0 Å². The van der Waals surface area contributed by atoms with E-state index in [-0.39, 0.29) is 5.54 Å². The van der Waals surface area contributed by atoms with Gasteiger partial charge in [0.2, 0.25) is 0 Å². The molecule has 0 aromatic rings. The summed E-state index contributed by atoms with van der Waals surface area (Å²) in [5.41, 5.74) is 0.212. The minimum Gasteiger partial charge on any atom is -0.379 e. The smallest absolute Gasteiger partial charge is 0.157 e. The largest absolute Gasteiger partial charge is 0.379 e. The molecule has 0 radical (unpaired) electrons. The molecule has 2 rings (SSSR count). The van der Waals surface area contributed by atoms with Gasteiger partial charge in [0.15, 0.2) is 5.17 Å². The molecule has 14 heavy (non-hydrogen) atoms. The molecule has 2 aliphatic heterocycles. The molecule has 1 N–H and O–H groups in total. The van der Waals surface area contributed by atoms with E-state index in [1.54, 1.807) is 0 Å². The Balaban J connectivity index is 1.95. The van der Waals surface area contributed by atoms with Crippen LogP contribution in [-0.4, -0.2) is 35.7 Å². The molecule has 0 saturated carbocycles. The lowest BCUT2D eigenvalue weighted by Gasteiger charge is -2.32. The second-order valence-corrected chi connectivity index (χ2v) is 5.64. The third-order valence-electron chi connectivity index (χ3n) is 2.62. The summed E-state index contributed by atoms with van der Waals surface area (Å²) >= 11 is 1.84. The minimum absolute atomic E-state index is 0.212. The molecule has 0 aliphatic carbocycles. The zero-order chi connectivity index (χ0) is 10.0. The number of ether oxygens (including phenoxy) is 1. The van der Waals surface area contributed by atoms with Crippen LogP contribution in [0.25, 0.3) is 0 Å². The van der Waals surface area contributed by atoms with Crippen molar-refractivity contribution in [3.63, 3.8) is 0 Å². The number of rotatable bonds is 1. The zero-order valence-electron chi connectivity index (χ0n) is 8.88. The van der Waals surface area contributed by atoms with Crippen molar-refractivity contribution in [1.29, 1.82) is 0 Å². The van der Waals surface area contributed by atoms with Gasteiger partial charge in [-0.2, -0.15) is 0 Å². The number of hydrogen-bond donors (Lipinski definition) is 1. The Kier molecular flexibility index (Phi) is 3.02. The van der Waals surface area contributed by atoms with Gasteiger partial charge in [-0.3, -0.25) is 4.99 Å². The fourth-order valence-corrected chi connectivity index (χ4v) is 3.03. The third-order valence-corrected chi connectivity index (χ3v) is 3.51. The van der Waals surface area contributed by atoms with Crippen LogP contribution in [0.5, 0.6) is 0 Å². The molecule has 2 heterocycles. The van der Waals surface area contributed by atoms with Crippen LogP contribution >= 0.6 is 11.8 Å². The molecule has 0 aromatic carbocycles. The summed E-state index contributed by atoms with van der Waals surface area (Å²) in [7, 11) is 0. The summed E-state index contributed by atoms with van der Waals surface area (Å²) in [5, 5.41) is 4.59. The summed E-state index contributed by atoms with van der Waals surface area (Å²) in [4.78, 5) is 4.67. The molecule has 0 bridgehead atoms. The van der Waals surface area contributed by atoms with Crippen molar-refractivity contribution in [2.45, 2.75) is 38.3 Å². The molecule has 1 atom stereocenters. The van der Waals surface area contributed by atoms with Crippen LogP contribution in [0.1, 0.15) is 26.7 Å². The van der Waals surface area contributed by atoms with Crippen molar-refractivity contribution >= 4 is 16.9 Å². The van der Waals surface area contributed by atoms with E-state index in [4.69, 9.17) is 4.74 Å². The average Bonchev–Trinajstić information content (AvgIpc) is 2.54. The Hall–Kier alpha value is -0.220.